The van der Waals surface area contributed by atoms with Crippen LogP contribution in [0.1, 0.15) is 18.8 Å². The van der Waals surface area contributed by atoms with Gasteiger partial charge in [0, 0.05) is 18.5 Å². The molecule has 78 valence electrons. The van der Waals surface area contributed by atoms with E-state index in [1.807, 2.05) is 0 Å². The van der Waals surface area contributed by atoms with E-state index in [0.717, 1.165) is 0 Å². The number of aromatic nitrogens is 3. The molecule has 15 heavy (non-hydrogen) atoms. The Hall–Kier alpha value is -1.95. The van der Waals surface area contributed by atoms with E-state index in [1.54, 1.807) is 6.92 Å². The summed E-state index contributed by atoms with van der Waals surface area (Å²) in [6.07, 6.45) is 3.05. The largest absolute Gasteiger partial charge is 0.367 e. The van der Waals surface area contributed by atoms with E-state index < -0.39 is 0 Å². The molecular weight excluding hydrogens is 196 g/mol. The molecule has 6 nitrogen and oxygen atoms in total. The van der Waals surface area contributed by atoms with Crippen molar-refractivity contribution in [2.75, 3.05) is 0 Å². The number of rotatable bonds is 2. The number of aromatic amines is 1. The zero-order valence-corrected chi connectivity index (χ0v) is 8.10. The van der Waals surface area contributed by atoms with Gasteiger partial charge in [0.1, 0.15) is 5.56 Å². The van der Waals surface area contributed by atoms with Crippen molar-refractivity contribution in [2.24, 2.45) is 5.73 Å². The number of hydrogen-bond donors (Lipinski definition) is 2. The first kappa shape index (κ1) is 9.60. The molecule has 2 heterocycles. The Morgan fingerprint density at radius 2 is 2.40 bits per heavy atom. The topological polar surface area (TPSA) is 97.8 Å². The number of nitrogens with zero attached hydrogens (tertiary/aromatic N) is 2. The number of hydrogen-bond acceptors (Lipinski definition) is 5. The molecule has 0 aromatic carbocycles. The fourth-order valence-corrected chi connectivity index (χ4v) is 1.11. The maximum absolute atomic E-state index is 11.4. The first-order chi connectivity index (χ1) is 7.18. The number of nitrogens with two attached hydrogens (primary N) is 1. The molecule has 2 rings (SSSR count). The standard InChI is InChI=1S/C9H10N4O2/c1-5(10)8-12-9(15-13-8)6-4-11-3-2-7(6)14/h2-5H,10H2,1H3,(H,11,14). The summed E-state index contributed by atoms with van der Waals surface area (Å²) in [5.74, 6) is 0.567. The van der Waals surface area contributed by atoms with Gasteiger partial charge in [-0.2, -0.15) is 4.98 Å². The average Bonchev–Trinajstić information content (AvgIpc) is 2.67. The lowest BCUT2D eigenvalue weighted by Gasteiger charge is -1.93. The van der Waals surface area contributed by atoms with E-state index in [9.17, 15) is 4.79 Å². The van der Waals surface area contributed by atoms with Gasteiger partial charge in [-0.05, 0) is 6.92 Å². The molecule has 0 aliphatic heterocycles. The Morgan fingerprint density at radius 1 is 1.60 bits per heavy atom. The van der Waals surface area contributed by atoms with Crippen molar-refractivity contribution in [1.82, 2.24) is 15.1 Å². The Bertz CT molecular complexity index is 515. The van der Waals surface area contributed by atoms with E-state index >= 15 is 0 Å². The molecule has 6 heteroatoms. The summed E-state index contributed by atoms with van der Waals surface area (Å²) in [6, 6.07) is 1.08. The van der Waals surface area contributed by atoms with Gasteiger partial charge in [0.25, 0.3) is 5.89 Å². The van der Waals surface area contributed by atoms with Crippen molar-refractivity contribution in [3.63, 3.8) is 0 Å². The van der Waals surface area contributed by atoms with Crippen LogP contribution in [0.15, 0.2) is 27.8 Å². The van der Waals surface area contributed by atoms with Gasteiger partial charge in [-0.15, -0.1) is 0 Å². The molecular formula is C9H10N4O2. The highest BCUT2D eigenvalue weighted by Gasteiger charge is 2.13. The minimum Gasteiger partial charge on any atom is -0.367 e. The predicted octanol–water partition coefficient (Wildman–Crippen LogP) is 0.445. The summed E-state index contributed by atoms with van der Waals surface area (Å²) >= 11 is 0. The van der Waals surface area contributed by atoms with Crippen LogP contribution in [0.25, 0.3) is 11.5 Å². The Balaban J connectivity index is 2.47. The molecule has 1 unspecified atom stereocenters. The molecule has 3 N–H and O–H groups in total. The average molecular weight is 206 g/mol. The van der Waals surface area contributed by atoms with Gasteiger partial charge in [-0.25, -0.2) is 0 Å². The maximum Gasteiger partial charge on any atom is 0.263 e. The quantitative estimate of drug-likeness (QED) is 0.743. The number of pyridine rings is 1. The number of nitrogens with one attached hydrogen (secondary N) is 1. The molecule has 0 saturated heterocycles. The van der Waals surface area contributed by atoms with Crippen molar-refractivity contribution in [2.45, 2.75) is 13.0 Å². The van der Waals surface area contributed by atoms with Crippen molar-refractivity contribution in [3.8, 4) is 11.5 Å². The minimum absolute atomic E-state index is 0.173. The van der Waals surface area contributed by atoms with Gasteiger partial charge in [-0.3, -0.25) is 4.79 Å². The SMILES string of the molecule is CC(N)c1noc(-c2c[nH]ccc2=O)n1. The minimum atomic E-state index is -0.315. The molecule has 0 fully saturated rings. The molecule has 0 radical (unpaired) electrons. The van der Waals surface area contributed by atoms with Crippen LogP contribution < -0.4 is 11.2 Å². The van der Waals surface area contributed by atoms with Gasteiger partial charge < -0.3 is 15.2 Å². The third-order valence-electron chi connectivity index (χ3n) is 1.90. The van der Waals surface area contributed by atoms with Gasteiger partial charge >= 0.3 is 0 Å². The van der Waals surface area contributed by atoms with Gasteiger partial charge in [-0.1, -0.05) is 5.16 Å². The first-order valence-corrected chi connectivity index (χ1v) is 4.45. The van der Waals surface area contributed by atoms with Crippen molar-refractivity contribution < 1.29 is 4.52 Å². The fraction of sp³-hybridized carbons (Fsp3) is 0.222. The molecule has 1 atom stereocenters. The first-order valence-electron chi connectivity index (χ1n) is 4.45. The van der Waals surface area contributed by atoms with Crippen molar-refractivity contribution >= 4 is 0 Å². The normalized spacial score (nSPS) is 12.7. The van der Waals surface area contributed by atoms with Crippen LogP contribution in [0.2, 0.25) is 0 Å². The number of H-pyrrole nitrogens is 1. The maximum atomic E-state index is 11.4. The van der Waals surface area contributed by atoms with E-state index in [4.69, 9.17) is 10.3 Å². The van der Waals surface area contributed by atoms with Gasteiger partial charge in [0.05, 0.1) is 6.04 Å². The lowest BCUT2D eigenvalue weighted by atomic mass is 10.3. The Labute approximate surface area is 85.1 Å². The molecule has 0 bridgehead atoms. The van der Waals surface area contributed by atoms with Crippen LogP contribution in [-0.2, 0) is 0 Å². The Morgan fingerprint density at radius 3 is 3.00 bits per heavy atom. The van der Waals surface area contributed by atoms with E-state index in [0.29, 0.717) is 11.4 Å². The highest BCUT2D eigenvalue weighted by Crippen LogP contribution is 2.13. The summed E-state index contributed by atoms with van der Waals surface area (Å²) in [5, 5.41) is 3.67. The smallest absolute Gasteiger partial charge is 0.263 e. The highest BCUT2D eigenvalue weighted by molar-refractivity contribution is 5.50. The van der Waals surface area contributed by atoms with Crippen molar-refractivity contribution in [3.05, 3.63) is 34.5 Å². The molecule has 2 aromatic heterocycles. The monoisotopic (exact) mass is 206 g/mol. The van der Waals surface area contributed by atoms with E-state index in [1.165, 1.54) is 18.5 Å². The molecule has 0 saturated carbocycles. The Kier molecular flexibility index (Phi) is 2.34. The molecule has 0 amide bonds. The molecule has 2 aromatic rings. The van der Waals surface area contributed by atoms with E-state index in [-0.39, 0.29) is 17.4 Å². The summed E-state index contributed by atoms with van der Waals surface area (Å²) in [5.41, 5.74) is 5.74. The van der Waals surface area contributed by atoms with Crippen LogP contribution in [0.5, 0.6) is 0 Å². The second kappa shape index (κ2) is 3.66. The van der Waals surface area contributed by atoms with Gasteiger partial charge in [0.2, 0.25) is 0 Å². The summed E-state index contributed by atoms with van der Waals surface area (Å²) in [7, 11) is 0. The third kappa shape index (κ3) is 1.79. The van der Waals surface area contributed by atoms with Crippen LogP contribution >= 0.6 is 0 Å². The lowest BCUT2D eigenvalue weighted by Crippen LogP contribution is -2.07. The summed E-state index contributed by atoms with van der Waals surface area (Å²) in [4.78, 5) is 18.2. The lowest BCUT2D eigenvalue weighted by molar-refractivity contribution is 0.418. The highest BCUT2D eigenvalue weighted by atomic mass is 16.5. The fourth-order valence-electron chi connectivity index (χ4n) is 1.11. The molecule has 0 aliphatic carbocycles. The van der Waals surface area contributed by atoms with Crippen LogP contribution in [-0.4, -0.2) is 15.1 Å². The van der Waals surface area contributed by atoms with Crippen LogP contribution in [0.3, 0.4) is 0 Å². The second-order valence-electron chi connectivity index (χ2n) is 3.17. The van der Waals surface area contributed by atoms with Crippen LogP contribution in [0, 0.1) is 0 Å². The second-order valence-corrected chi connectivity index (χ2v) is 3.17. The van der Waals surface area contributed by atoms with Gasteiger partial charge in [0.15, 0.2) is 11.3 Å². The van der Waals surface area contributed by atoms with Crippen LogP contribution in [0.4, 0.5) is 0 Å². The predicted molar refractivity (Wildman–Crippen MR) is 53.0 cm³/mol. The summed E-state index contributed by atoms with van der Waals surface area (Å²) < 4.78 is 4.93. The third-order valence-corrected chi connectivity index (χ3v) is 1.90. The van der Waals surface area contributed by atoms with Crippen molar-refractivity contribution in [1.29, 1.82) is 0 Å². The zero-order valence-electron chi connectivity index (χ0n) is 8.10. The molecule has 0 aliphatic rings. The molecule has 0 spiro atoms. The zero-order chi connectivity index (χ0) is 10.8. The van der Waals surface area contributed by atoms with E-state index in [2.05, 4.69) is 15.1 Å². The summed E-state index contributed by atoms with van der Waals surface area (Å²) in [6.45, 7) is 1.74.